The van der Waals surface area contributed by atoms with E-state index in [9.17, 15) is 4.79 Å². The molecule has 1 amide bonds. The van der Waals surface area contributed by atoms with Crippen LogP contribution in [0.4, 0.5) is 0 Å². The zero-order valence-electron chi connectivity index (χ0n) is 12.4. The Balaban J connectivity index is 1.68. The molecule has 3 aromatic rings. The zero-order chi connectivity index (χ0) is 15.5. The Morgan fingerprint density at radius 1 is 1.41 bits per heavy atom. The largest absolute Gasteiger partial charge is 0.358 e. The van der Waals surface area contributed by atoms with Crippen LogP contribution < -0.4 is 5.43 Å². The molecule has 112 valence electrons. The van der Waals surface area contributed by atoms with Gasteiger partial charge in [-0.1, -0.05) is 18.2 Å². The fourth-order valence-corrected chi connectivity index (χ4v) is 2.94. The molecule has 0 atom stereocenters. The molecule has 3 rings (SSSR count). The van der Waals surface area contributed by atoms with Crippen molar-refractivity contribution in [2.75, 3.05) is 0 Å². The molecule has 0 bridgehead atoms. The Bertz CT molecular complexity index is 847. The van der Waals surface area contributed by atoms with E-state index < -0.39 is 0 Å². The summed E-state index contributed by atoms with van der Waals surface area (Å²) in [5.41, 5.74) is 6.40. The average molecular weight is 312 g/mol. The SMILES string of the molecule is Cc1nc(CC(=O)N/N=C/c2c(C)[nH]c3ccccc23)cs1. The number of carbonyl (C=O) groups excluding carboxylic acids is 1. The van der Waals surface area contributed by atoms with Gasteiger partial charge in [0.25, 0.3) is 0 Å². The molecule has 0 aliphatic carbocycles. The average Bonchev–Trinajstić information content (AvgIpc) is 3.03. The number of nitrogens with zero attached hydrogens (tertiary/aromatic N) is 2. The van der Waals surface area contributed by atoms with Crippen molar-refractivity contribution in [3.63, 3.8) is 0 Å². The van der Waals surface area contributed by atoms with E-state index in [1.165, 1.54) is 11.3 Å². The number of rotatable bonds is 4. The summed E-state index contributed by atoms with van der Waals surface area (Å²) in [6.07, 6.45) is 1.92. The van der Waals surface area contributed by atoms with Gasteiger partial charge in [0.2, 0.25) is 5.91 Å². The van der Waals surface area contributed by atoms with E-state index in [1.807, 2.05) is 43.5 Å². The number of thiazole rings is 1. The summed E-state index contributed by atoms with van der Waals surface area (Å²) in [6, 6.07) is 8.01. The molecule has 0 aliphatic heterocycles. The first-order valence-electron chi connectivity index (χ1n) is 6.93. The second kappa shape index (κ2) is 6.11. The molecule has 0 fully saturated rings. The zero-order valence-corrected chi connectivity index (χ0v) is 13.2. The maximum Gasteiger partial charge on any atom is 0.246 e. The normalized spacial score (nSPS) is 11.4. The Kier molecular flexibility index (Phi) is 4.02. The molecule has 2 N–H and O–H groups in total. The van der Waals surface area contributed by atoms with Crippen molar-refractivity contribution in [1.82, 2.24) is 15.4 Å². The third kappa shape index (κ3) is 3.07. The lowest BCUT2D eigenvalue weighted by Crippen LogP contribution is -2.20. The first kappa shape index (κ1) is 14.5. The van der Waals surface area contributed by atoms with Gasteiger partial charge in [-0.25, -0.2) is 10.4 Å². The first-order valence-corrected chi connectivity index (χ1v) is 7.81. The van der Waals surface area contributed by atoms with Crippen LogP contribution in [0.2, 0.25) is 0 Å². The molecule has 1 aromatic carbocycles. The summed E-state index contributed by atoms with van der Waals surface area (Å²) < 4.78 is 0. The number of aryl methyl sites for hydroxylation is 2. The Hall–Kier alpha value is -2.47. The fraction of sp³-hybridized carbons (Fsp3) is 0.188. The number of aromatic nitrogens is 2. The summed E-state index contributed by atoms with van der Waals surface area (Å²) >= 11 is 1.54. The number of H-pyrrole nitrogens is 1. The van der Waals surface area contributed by atoms with Crippen molar-refractivity contribution in [2.45, 2.75) is 20.3 Å². The third-order valence-electron chi connectivity index (χ3n) is 3.33. The first-order chi connectivity index (χ1) is 10.6. The second-order valence-electron chi connectivity index (χ2n) is 5.04. The topological polar surface area (TPSA) is 70.1 Å². The van der Waals surface area contributed by atoms with Crippen LogP contribution in [0.15, 0.2) is 34.7 Å². The lowest BCUT2D eigenvalue weighted by molar-refractivity contribution is -0.120. The van der Waals surface area contributed by atoms with E-state index in [0.29, 0.717) is 0 Å². The van der Waals surface area contributed by atoms with E-state index in [1.54, 1.807) is 6.21 Å². The summed E-state index contributed by atoms with van der Waals surface area (Å²) in [4.78, 5) is 19.4. The van der Waals surface area contributed by atoms with E-state index in [0.717, 1.165) is 32.9 Å². The number of benzene rings is 1. The number of amides is 1. The molecule has 0 unspecified atom stereocenters. The molecule has 22 heavy (non-hydrogen) atoms. The summed E-state index contributed by atoms with van der Waals surface area (Å²) in [6.45, 7) is 3.91. The molecule has 5 nitrogen and oxygen atoms in total. The number of carbonyl (C=O) groups is 1. The highest BCUT2D eigenvalue weighted by molar-refractivity contribution is 7.09. The van der Waals surface area contributed by atoms with Gasteiger partial charge in [-0.3, -0.25) is 4.79 Å². The van der Waals surface area contributed by atoms with Gasteiger partial charge in [-0.2, -0.15) is 5.10 Å². The quantitative estimate of drug-likeness (QED) is 0.574. The smallest absolute Gasteiger partial charge is 0.246 e. The van der Waals surface area contributed by atoms with Crippen LogP contribution in [-0.2, 0) is 11.2 Å². The van der Waals surface area contributed by atoms with Crippen molar-refractivity contribution in [1.29, 1.82) is 0 Å². The van der Waals surface area contributed by atoms with Crippen molar-refractivity contribution in [2.24, 2.45) is 5.10 Å². The Morgan fingerprint density at radius 2 is 2.23 bits per heavy atom. The third-order valence-corrected chi connectivity index (χ3v) is 4.16. The van der Waals surface area contributed by atoms with Crippen LogP contribution in [-0.4, -0.2) is 22.1 Å². The standard InChI is InChI=1S/C16H16N4OS/c1-10-14(13-5-3-4-6-15(13)18-10)8-17-20-16(21)7-12-9-22-11(2)19-12/h3-6,8-9,18H,7H2,1-2H3,(H,20,21)/b17-8+. The molecule has 0 saturated carbocycles. The summed E-state index contributed by atoms with van der Waals surface area (Å²) in [5, 5.41) is 8.00. The predicted octanol–water partition coefficient (Wildman–Crippen LogP) is 2.93. The molecular formula is C16H16N4OS. The number of hydrazone groups is 1. The molecule has 2 heterocycles. The van der Waals surface area contributed by atoms with Crippen molar-refractivity contribution >= 4 is 34.4 Å². The van der Waals surface area contributed by atoms with Gasteiger partial charge < -0.3 is 4.98 Å². The van der Waals surface area contributed by atoms with Gasteiger partial charge in [0.1, 0.15) is 0 Å². The van der Waals surface area contributed by atoms with Crippen LogP contribution >= 0.6 is 11.3 Å². The maximum atomic E-state index is 11.8. The van der Waals surface area contributed by atoms with E-state index in [2.05, 4.69) is 20.5 Å². The summed E-state index contributed by atoms with van der Waals surface area (Å²) in [7, 11) is 0. The molecule has 0 aliphatic rings. The molecule has 2 aromatic heterocycles. The van der Waals surface area contributed by atoms with Gasteiger partial charge >= 0.3 is 0 Å². The number of nitrogens with one attached hydrogen (secondary N) is 2. The lowest BCUT2D eigenvalue weighted by atomic mass is 10.1. The molecule has 0 spiro atoms. The highest BCUT2D eigenvalue weighted by atomic mass is 32.1. The molecular weight excluding hydrogens is 296 g/mol. The number of hydrogen-bond donors (Lipinski definition) is 2. The van der Waals surface area contributed by atoms with Crippen LogP contribution in [0, 0.1) is 13.8 Å². The predicted molar refractivity (Wildman–Crippen MR) is 89.3 cm³/mol. The van der Waals surface area contributed by atoms with Crippen LogP contribution in [0.25, 0.3) is 10.9 Å². The van der Waals surface area contributed by atoms with Gasteiger partial charge in [0, 0.05) is 27.5 Å². The molecule has 6 heteroatoms. The Labute approximate surface area is 132 Å². The minimum absolute atomic E-state index is 0.168. The highest BCUT2D eigenvalue weighted by Crippen LogP contribution is 2.19. The van der Waals surface area contributed by atoms with E-state index in [-0.39, 0.29) is 12.3 Å². The molecule has 0 saturated heterocycles. The Morgan fingerprint density at radius 3 is 3.00 bits per heavy atom. The number of aromatic amines is 1. The van der Waals surface area contributed by atoms with E-state index in [4.69, 9.17) is 0 Å². The van der Waals surface area contributed by atoms with Gasteiger partial charge in [0.05, 0.1) is 23.3 Å². The molecule has 0 radical (unpaired) electrons. The van der Waals surface area contributed by atoms with Crippen LogP contribution in [0.3, 0.4) is 0 Å². The van der Waals surface area contributed by atoms with Crippen molar-refractivity contribution in [3.8, 4) is 0 Å². The number of fused-ring (bicyclic) bond motifs is 1. The number of para-hydroxylation sites is 1. The van der Waals surface area contributed by atoms with Gasteiger partial charge in [-0.15, -0.1) is 11.3 Å². The van der Waals surface area contributed by atoms with Crippen LogP contribution in [0.5, 0.6) is 0 Å². The minimum atomic E-state index is -0.168. The monoisotopic (exact) mass is 312 g/mol. The van der Waals surface area contributed by atoms with Gasteiger partial charge in [0.15, 0.2) is 0 Å². The lowest BCUT2D eigenvalue weighted by Gasteiger charge is -1.97. The number of hydrogen-bond acceptors (Lipinski definition) is 4. The maximum absolute atomic E-state index is 11.8. The van der Waals surface area contributed by atoms with E-state index >= 15 is 0 Å². The van der Waals surface area contributed by atoms with Crippen molar-refractivity contribution < 1.29 is 4.79 Å². The summed E-state index contributed by atoms with van der Waals surface area (Å²) in [5.74, 6) is -0.168. The fourth-order valence-electron chi connectivity index (χ4n) is 2.33. The second-order valence-corrected chi connectivity index (χ2v) is 6.10. The van der Waals surface area contributed by atoms with Crippen molar-refractivity contribution in [3.05, 3.63) is 51.6 Å². The highest BCUT2D eigenvalue weighted by Gasteiger charge is 2.07. The van der Waals surface area contributed by atoms with Crippen LogP contribution in [0.1, 0.15) is 22.0 Å². The van der Waals surface area contributed by atoms with Gasteiger partial charge in [-0.05, 0) is 19.9 Å². The minimum Gasteiger partial charge on any atom is -0.358 e.